The molecule has 2 aromatic carbocycles. The van der Waals surface area contributed by atoms with Crippen molar-refractivity contribution in [2.75, 3.05) is 30.8 Å². The first kappa shape index (κ1) is 20.2. The second-order valence-corrected chi connectivity index (χ2v) is 6.95. The molecular weight excluding hydrogens is 427 g/mol. The molecule has 0 saturated carbocycles. The zero-order valence-electron chi connectivity index (χ0n) is 15.8. The second-order valence-electron chi connectivity index (χ2n) is 6.16. The molecule has 3 rings (SSSR count). The minimum absolute atomic E-state index is 0.277. The summed E-state index contributed by atoms with van der Waals surface area (Å²) in [5, 5.41) is 7.41. The molecule has 5 nitrogen and oxygen atoms in total. The van der Waals surface area contributed by atoms with E-state index in [-0.39, 0.29) is 11.7 Å². The van der Waals surface area contributed by atoms with E-state index in [0.717, 1.165) is 17.4 Å². The largest absolute Gasteiger partial charge is 0.491 e. The lowest BCUT2D eigenvalue weighted by Gasteiger charge is -2.12. The van der Waals surface area contributed by atoms with Crippen LogP contribution in [0.3, 0.4) is 0 Å². The van der Waals surface area contributed by atoms with Crippen molar-refractivity contribution < 1.29 is 18.3 Å². The lowest BCUT2D eigenvalue weighted by Crippen LogP contribution is -2.18. The molecule has 0 aliphatic heterocycles. The van der Waals surface area contributed by atoms with Gasteiger partial charge in [-0.15, -0.1) is 0 Å². The van der Waals surface area contributed by atoms with Gasteiger partial charge in [-0.3, -0.25) is 4.79 Å². The minimum atomic E-state index is -0.349. The van der Waals surface area contributed by atoms with Crippen molar-refractivity contribution in [2.24, 2.45) is 0 Å². The molecule has 0 radical (unpaired) electrons. The molecule has 1 heterocycles. The van der Waals surface area contributed by atoms with Crippen LogP contribution in [0, 0.1) is 5.82 Å². The summed E-state index contributed by atoms with van der Waals surface area (Å²) < 4.78 is 25.3. The highest BCUT2D eigenvalue weighted by molar-refractivity contribution is 9.09. The van der Waals surface area contributed by atoms with Gasteiger partial charge >= 0.3 is 0 Å². The summed E-state index contributed by atoms with van der Waals surface area (Å²) in [6, 6.07) is 9.53. The van der Waals surface area contributed by atoms with E-state index in [9.17, 15) is 9.18 Å². The van der Waals surface area contributed by atoms with Crippen LogP contribution in [-0.2, 0) is 0 Å². The molecule has 3 aromatic rings. The molecule has 1 aromatic heterocycles. The predicted molar refractivity (Wildman–Crippen MR) is 113 cm³/mol. The number of fused-ring (bicyclic) bond motifs is 1. The molecular formula is C21H22BrFN2O3. The fraction of sp³-hybridized carbons (Fsp3) is 0.286. The lowest BCUT2D eigenvalue weighted by molar-refractivity contribution is 0.0964. The molecule has 0 bridgehead atoms. The summed E-state index contributed by atoms with van der Waals surface area (Å²) in [4.78, 5) is 12.6. The number of carbonyl (C=O) groups is 1. The molecule has 28 heavy (non-hydrogen) atoms. The van der Waals surface area contributed by atoms with Crippen molar-refractivity contribution in [3.63, 3.8) is 0 Å². The number of hydrogen-bond donors (Lipinski definition) is 2. The first-order chi connectivity index (χ1) is 13.6. The highest BCUT2D eigenvalue weighted by Crippen LogP contribution is 2.39. The van der Waals surface area contributed by atoms with Gasteiger partial charge < -0.3 is 19.8 Å². The SMILES string of the molecule is CCNc1cc2oc(-c3ccc(F)cc3)c(C(=O)NC)c2cc1OCCCBr. The van der Waals surface area contributed by atoms with Gasteiger partial charge in [-0.2, -0.15) is 0 Å². The number of carbonyl (C=O) groups excluding carboxylic acids is 1. The van der Waals surface area contributed by atoms with Gasteiger partial charge in [0.2, 0.25) is 0 Å². The van der Waals surface area contributed by atoms with Crippen LogP contribution in [0.1, 0.15) is 23.7 Å². The molecule has 7 heteroatoms. The number of halogens is 2. The van der Waals surface area contributed by atoms with Gasteiger partial charge in [0.25, 0.3) is 5.91 Å². The summed E-state index contributed by atoms with van der Waals surface area (Å²) in [6.45, 7) is 3.26. The zero-order chi connectivity index (χ0) is 20.1. The van der Waals surface area contributed by atoms with E-state index in [4.69, 9.17) is 9.15 Å². The van der Waals surface area contributed by atoms with Crippen LogP contribution < -0.4 is 15.4 Å². The fourth-order valence-corrected chi connectivity index (χ4v) is 3.19. The number of hydrogen-bond acceptors (Lipinski definition) is 4. The van der Waals surface area contributed by atoms with Gasteiger partial charge in [-0.25, -0.2) is 4.39 Å². The van der Waals surface area contributed by atoms with Gasteiger partial charge in [0.1, 0.15) is 22.9 Å². The maximum atomic E-state index is 13.3. The van der Waals surface area contributed by atoms with Gasteiger partial charge in [0.05, 0.1) is 17.9 Å². The maximum absolute atomic E-state index is 13.3. The maximum Gasteiger partial charge on any atom is 0.255 e. The monoisotopic (exact) mass is 448 g/mol. The Morgan fingerprint density at radius 3 is 2.64 bits per heavy atom. The summed E-state index contributed by atoms with van der Waals surface area (Å²) in [7, 11) is 1.57. The Hall–Kier alpha value is -2.54. The third-order valence-corrected chi connectivity index (χ3v) is 4.81. The molecule has 0 aliphatic rings. The summed E-state index contributed by atoms with van der Waals surface area (Å²) in [6.07, 6.45) is 0.859. The Balaban J connectivity index is 2.18. The second kappa shape index (κ2) is 9.10. The smallest absolute Gasteiger partial charge is 0.255 e. The van der Waals surface area contributed by atoms with Crippen LogP contribution in [0.5, 0.6) is 5.75 Å². The summed E-state index contributed by atoms with van der Waals surface area (Å²) >= 11 is 3.40. The van der Waals surface area contributed by atoms with Crippen molar-refractivity contribution in [1.29, 1.82) is 0 Å². The molecule has 0 aliphatic carbocycles. The van der Waals surface area contributed by atoms with E-state index in [2.05, 4.69) is 26.6 Å². The van der Waals surface area contributed by atoms with Gasteiger partial charge in [-0.1, -0.05) is 15.9 Å². The number of nitrogens with one attached hydrogen (secondary N) is 2. The first-order valence-corrected chi connectivity index (χ1v) is 10.2. The molecule has 0 fully saturated rings. The molecule has 0 unspecified atom stereocenters. The van der Waals surface area contributed by atoms with E-state index in [1.165, 1.54) is 12.1 Å². The Morgan fingerprint density at radius 1 is 1.25 bits per heavy atom. The lowest BCUT2D eigenvalue weighted by atomic mass is 10.0. The van der Waals surface area contributed by atoms with Crippen molar-refractivity contribution in [3.05, 3.63) is 47.8 Å². The molecule has 2 N–H and O–H groups in total. The summed E-state index contributed by atoms with van der Waals surface area (Å²) in [5.41, 5.74) is 2.38. The highest BCUT2D eigenvalue weighted by Gasteiger charge is 2.23. The van der Waals surface area contributed by atoms with E-state index in [1.807, 2.05) is 19.1 Å². The average molecular weight is 449 g/mol. The molecule has 0 spiro atoms. The Bertz CT molecular complexity index is 970. The zero-order valence-corrected chi connectivity index (χ0v) is 17.4. The Labute approximate surface area is 171 Å². The number of alkyl halides is 1. The topological polar surface area (TPSA) is 63.5 Å². The summed E-state index contributed by atoms with van der Waals surface area (Å²) in [5.74, 6) is 0.431. The third-order valence-electron chi connectivity index (χ3n) is 4.25. The van der Waals surface area contributed by atoms with Crippen LogP contribution >= 0.6 is 15.9 Å². The van der Waals surface area contributed by atoms with E-state index in [0.29, 0.717) is 46.8 Å². The normalized spacial score (nSPS) is 10.9. The van der Waals surface area contributed by atoms with Crippen LogP contribution in [-0.4, -0.2) is 31.4 Å². The number of furan rings is 1. The number of rotatable bonds is 8. The number of anilines is 1. The number of amides is 1. The van der Waals surface area contributed by atoms with E-state index in [1.54, 1.807) is 19.2 Å². The van der Waals surface area contributed by atoms with Crippen molar-refractivity contribution in [3.8, 4) is 17.1 Å². The van der Waals surface area contributed by atoms with E-state index >= 15 is 0 Å². The Morgan fingerprint density at radius 2 is 2.00 bits per heavy atom. The van der Waals surface area contributed by atoms with Crippen molar-refractivity contribution >= 4 is 38.5 Å². The molecule has 1 amide bonds. The van der Waals surface area contributed by atoms with Crippen LogP contribution in [0.4, 0.5) is 10.1 Å². The van der Waals surface area contributed by atoms with Gasteiger partial charge in [-0.05, 0) is 43.7 Å². The number of ether oxygens (including phenoxy) is 1. The highest BCUT2D eigenvalue weighted by atomic mass is 79.9. The van der Waals surface area contributed by atoms with Crippen LogP contribution in [0.15, 0.2) is 40.8 Å². The van der Waals surface area contributed by atoms with Crippen LogP contribution in [0.25, 0.3) is 22.3 Å². The standard InChI is InChI=1S/C21H22BrFN2O3/c1-3-25-16-12-17-15(11-18(16)27-10-4-9-22)19(21(26)24-2)20(28-17)13-5-7-14(23)8-6-13/h5-8,11-12,25H,3-4,9-10H2,1-2H3,(H,24,26). The number of benzene rings is 2. The fourth-order valence-electron chi connectivity index (χ4n) is 2.96. The van der Waals surface area contributed by atoms with Crippen molar-refractivity contribution in [1.82, 2.24) is 5.32 Å². The molecule has 148 valence electrons. The molecule has 0 atom stereocenters. The predicted octanol–water partition coefficient (Wildman–Crippen LogP) is 5.19. The Kier molecular flexibility index (Phi) is 6.57. The van der Waals surface area contributed by atoms with Gasteiger partial charge in [0.15, 0.2) is 0 Å². The van der Waals surface area contributed by atoms with Crippen LogP contribution in [0.2, 0.25) is 0 Å². The third kappa shape index (κ3) is 4.14. The van der Waals surface area contributed by atoms with Crippen molar-refractivity contribution in [2.45, 2.75) is 13.3 Å². The first-order valence-electron chi connectivity index (χ1n) is 9.10. The average Bonchev–Trinajstić information content (AvgIpc) is 3.06. The van der Waals surface area contributed by atoms with E-state index < -0.39 is 0 Å². The van der Waals surface area contributed by atoms with Gasteiger partial charge in [0, 0.05) is 35.9 Å². The molecule has 0 saturated heterocycles. The minimum Gasteiger partial charge on any atom is -0.491 e. The quantitative estimate of drug-likeness (QED) is 0.367.